The Kier molecular flexibility index (Phi) is 4.40. The molecule has 0 spiro atoms. The lowest BCUT2D eigenvalue weighted by Crippen LogP contribution is -2.26. The van der Waals surface area contributed by atoms with Crippen LogP contribution in [0.4, 0.5) is 0 Å². The van der Waals surface area contributed by atoms with E-state index in [1.807, 2.05) is 0 Å². The summed E-state index contributed by atoms with van der Waals surface area (Å²) in [4.78, 5) is 23.3. The van der Waals surface area contributed by atoms with E-state index < -0.39 is 5.63 Å². The van der Waals surface area contributed by atoms with E-state index in [1.54, 1.807) is 6.07 Å². The summed E-state index contributed by atoms with van der Waals surface area (Å²) in [6, 6.07) is 5.83. The second-order valence-electron chi connectivity index (χ2n) is 4.65. The number of unbranched alkanes of at least 4 members (excludes halogenated alkanes) is 1. The van der Waals surface area contributed by atoms with Crippen LogP contribution in [0, 0.1) is 0 Å². The molecule has 1 aromatic heterocycles. The molecule has 1 heterocycles. The summed E-state index contributed by atoms with van der Waals surface area (Å²) in [5.74, 6) is -0.108. The number of aromatic hydroxyl groups is 1. The Labute approximate surface area is 116 Å². The van der Waals surface area contributed by atoms with Gasteiger partial charge in [0.25, 0.3) is 0 Å². The van der Waals surface area contributed by atoms with Crippen molar-refractivity contribution in [2.45, 2.75) is 26.2 Å². The zero-order valence-corrected chi connectivity index (χ0v) is 11.3. The highest BCUT2D eigenvalue weighted by Crippen LogP contribution is 2.21. The number of nitrogens with one attached hydrogen (secondary N) is 1. The maximum atomic E-state index is 11.8. The fourth-order valence-corrected chi connectivity index (χ4v) is 2.00. The Morgan fingerprint density at radius 2 is 2.15 bits per heavy atom. The molecule has 0 atom stereocenters. The van der Waals surface area contributed by atoms with Gasteiger partial charge in [-0.1, -0.05) is 13.3 Å². The van der Waals surface area contributed by atoms with Crippen LogP contribution in [0.3, 0.4) is 0 Å². The number of carbonyl (C=O) groups is 1. The van der Waals surface area contributed by atoms with Crippen molar-refractivity contribution in [3.05, 3.63) is 40.2 Å². The SMILES string of the molecule is CCCCNC(=O)Cc1cc(=O)oc2cc(O)ccc12. The normalized spacial score (nSPS) is 10.7. The summed E-state index contributed by atoms with van der Waals surface area (Å²) < 4.78 is 5.02. The third-order valence-electron chi connectivity index (χ3n) is 3.02. The molecule has 106 valence electrons. The molecular weight excluding hydrogens is 258 g/mol. The third-order valence-corrected chi connectivity index (χ3v) is 3.02. The van der Waals surface area contributed by atoms with E-state index in [1.165, 1.54) is 18.2 Å². The molecule has 2 rings (SSSR count). The average molecular weight is 275 g/mol. The van der Waals surface area contributed by atoms with Crippen molar-refractivity contribution in [2.75, 3.05) is 6.54 Å². The van der Waals surface area contributed by atoms with E-state index in [0.717, 1.165) is 12.8 Å². The number of phenols is 1. The highest BCUT2D eigenvalue weighted by molar-refractivity contribution is 5.87. The topological polar surface area (TPSA) is 79.5 Å². The first-order valence-corrected chi connectivity index (χ1v) is 6.62. The summed E-state index contributed by atoms with van der Waals surface area (Å²) in [5.41, 5.74) is 0.360. The van der Waals surface area contributed by atoms with Crippen molar-refractivity contribution in [3.63, 3.8) is 0 Å². The highest BCUT2D eigenvalue weighted by Gasteiger charge is 2.10. The Morgan fingerprint density at radius 3 is 2.90 bits per heavy atom. The fraction of sp³-hybridized carbons (Fsp3) is 0.333. The van der Waals surface area contributed by atoms with E-state index in [9.17, 15) is 14.7 Å². The van der Waals surface area contributed by atoms with Gasteiger partial charge in [-0.3, -0.25) is 4.79 Å². The standard InChI is InChI=1S/C15H17NO4/c1-2-3-6-16-14(18)7-10-8-15(19)20-13-9-11(17)4-5-12(10)13/h4-5,8-9,17H,2-3,6-7H2,1H3,(H,16,18). The number of rotatable bonds is 5. The Bertz CT molecular complexity index is 675. The molecule has 0 aliphatic heterocycles. The monoisotopic (exact) mass is 275 g/mol. The minimum atomic E-state index is -0.528. The Balaban J connectivity index is 2.25. The number of carbonyl (C=O) groups excluding carboxylic acids is 1. The fourth-order valence-electron chi connectivity index (χ4n) is 2.00. The number of hydrogen-bond donors (Lipinski definition) is 2. The van der Waals surface area contributed by atoms with Crippen LogP contribution in [-0.2, 0) is 11.2 Å². The summed E-state index contributed by atoms with van der Waals surface area (Å²) >= 11 is 0. The summed E-state index contributed by atoms with van der Waals surface area (Å²) in [6.07, 6.45) is 2.06. The van der Waals surface area contributed by atoms with Crippen molar-refractivity contribution in [1.29, 1.82) is 0 Å². The minimum Gasteiger partial charge on any atom is -0.508 e. The van der Waals surface area contributed by atoms with Gasteiger partial charge < -0.3 is 14.8 Å². The molecule has 2 aromatic rings. The molecule has 2 N–H and O–H groups in total. The molecule has 5 nitrogen and oxygen atoms in total. The molecule has 0 aliphatic rings. The van der Waals surface area contributed by atoms with Crippen LogP contribution in [0.2, 0.25) is 0 Å². The molecule has 0 unspecified atom stereocenters. The molecular formula is C15H17NO4. The second-order valence-corrected chi connectivity index (χ2v) is 4.65. The van der Waals surface area contributed by atoms with Crippen LogP contribution in [0.15, 0.2) is 33.5 Å². The maximum absolute atomic E-state index is 11.8. The molecule has 1 aromatic carbocycles. The molecule has 0 bridgehead atoms. The lowest BCUT2D eigenvalue weighted by Gasteiger charge is -2.07. The summed E-state index contributed by atoms with van der Waals surface area (Å²) in [5, 5.41) is 12.9. The van der Waals surface area contributed by atoms with Crippen molar-refractivity contribution in [1.82, 2.24) is 5.32 Å². The minimum absolute atomic E-state index is 0.0187. The van der Waals surface area contributed by atoms with Crippen LogP contribution in [-0.4, -0.2) is 17.6 Å². The van der Waals surface area contributed by atoms with E-state index in [4.69, 9.17) is 4.42 Å². The number of hydrogen-bond acceptors (Lipinski definition) is 4. The van der Waals surface area contributed by atoms with Gasteiger partial charge in [0.05, 0.1) is 6.42 Å². The van der Waals surface area contributed by atoms with Gasteiger partial charge in [0.15, 0.2) is 0 Å². The van der Waals surface area contributed by atoms with E-state index in [-0.39, 0.29) is 23.7 Å². The number of benzene rings is 1. The zero-order chi connectivity index (χ0) is 14.5. The third kappa shape index (κ3) is 3.38. The van der Waals surface area contributed by atoms with Gasteiger partial charge in [-0.15, -0.1) is 0 Å². The van der Waals surface area contributed by atoms with Crippen LogP contribution in [0.25, 0.3) is 11.0 Å². The van der Waals surface area contributed by atoms with E-state index in [2.05, 4.69) is 12.2 Å². The van der Waals surface area contributed by atoms with Crippen LogP contribution >= 0.6 is 0 Å². The van der Waals surface area contributed by atoms with Crippen molar-refractivity contribution in [3.8, 4) is 5.75 Å². The van der Waals surface area contributed by atoms with Crippen LogP contribution < -0.4 is 10.9 Å². The van der Waals surface area contributed by atoms with Gasteiger partial charge in [-0.05, 0) is 24.1 Å². The molecule has 20 heavy (non-hydrogen) atoms. The lowest BCUT2D eigenvalue weighted by molar-refractivity contribution is -0.120. The molecule has 0 fully saturated rings. The Hall–Kier alpha value is -2.30. The van der Waals surface area contributed by atoms with Gasteiger partial charge in [-0.2, -0.15) is 0 Å². The summed E-state index contributed by atoms with van der Waals surface area (Å²) in [7, 11) is 0. The summed E-state index contributed by atoms with van der Waals surface area (Å²) in [6.45, 7) is 2.68. The van der Waals surface area contributed by atoms with Gasteiger partial charge in [0.2, 0.25) is 5.91 Å². The van der Waals surface area contributed by atoms with E-state index in [0.29, 0.717) is 17.5 Å². The first-order valence-electron chi connectivity index (χ1n) is 6.62. The van der Waals surface area contributed by atoms with Gasteiger partial charge in [-0.25, -0.2) is 4.79 Å². The predicted molar refractivity (Wildman–Crippen MR) is 75.8 cm³/mol. The molecule has 0 saturated heterocycles. The molecule has 0 aliphatic carbocycles. The zero-order valence-electron chi connectivity index (χ0n) is 11.3. The lowest BCUT2D eigenvalue weighted by atomic mass is 10.1. The number of amides is 1. The van der Waals surface area contributed by atoms with Gasteiger partial charge >= 0.3 is 5.63 Å². The molecule has 1 amide bonds. The largest absolute Gasteiger partial charge is 0.508 e. The van der Waals surface area contributed by atoms with Gasteiger partial charge in [0, 0.05) is 24.1 Å². The second kappa shape index (κ2) is 6.23. The van der Waals surface area contributed by atoms with Crippen molar-refractivity contribution < 1.29 is 14.3 Å². The van der Waals surface area contributed by atoms with Crippen LogP contribution in [0.1, 0.15) is 25.3 Å². The smallest absolute Gasteiger partial charge is 0.336 e. The highest BCUT2D eigenvalue weighted by atomic mass is 16.4. The molecule has 0 saturated carbocycles. The predicted octanol–water partition coefficient (Wildman–Crippen LogP) is 1.96. The first kappa shape index (κ1) is 14.1. The molecule has 0 radical (unpaired) electrons. The van der Waals surface area contributed by atoms with E-state index >= 15 is 0 Å². The van der Waals surface area contributed by atoms with Crippen LogP contribution in [0.5, 0.6) is 5.75 Å². The maximum Gasteiger partial charge on any atom is 0.336 e. The number of phenolic OH excluding ortho intramolecular Hbond substituents is 1. The van der Waals surface area contributed by atoms with Crippen molar-refractivity contribution >= 4 is 16.9 Å². The number of fused-ring (bicyclic) bond motifs is 1. The van der Waals surface area contributed by atoms with Gasteiger partial charge in [0.1, 0.15) is 11.3 Å². The average Bonchev–Trinajstić information content (AvgIpc) is 2.38. The van der Waals surface area contributed by atoms with Crippen molar-refractivity contribution in [2.24, 2.45) is 0 Å². The molecule has 5 heteroatoms. The first-order chi connectivity index (χ1) is 9.60. The quantitative estimate of drug-likeness (QED) is 0.645. The Morgan fingerprint density at radius 1 is 1.35 bits per heavy atom.